The summed E-state index contributed by atoms with van der Waals surface area (Å²) in [6, 6.07) is 8.40. The predicted molar refractivity (Wildman–Crippen MR) is 75.2 cm³/mol. The Balaban J connectivity index is 2.15. The molecule has 94 valence electrons. The highest BCUT2D eigenvalue weighted by Gasteiger charge is 2.42. The number of benzene rings is 1. The topological polar surface area (TPSA) is 38.9 Å². The summed E-state index contributed by atoms with van der Waals surface area (Å²) in [5.74, 6) is 0. The monoisotopic (exact) mass is 240 g/mol. The van der Waals surface area contributed by atoms with E-state index in [2.05, 4.69) is 43.1 Å². The van der Waals surface area contributed by atoms with Crippen LogP contribution in [0.2, 0.25) is 0 Å². The van der Waals surface area contributed by atoms with E-state index in [1.54, 1.807) is 0 Å². The number of aromatic nitrogens is 1. The zero-order chi connectivity index (χ0) is 12.8. The average molecular weight is 240 g/mol. The first-order valence-electron chi connectivity index (χ1n) is 6.62. The van der Waals surface area contributed by atoms with Crippen molar-refractivity contribution in [2.45, 2.75) is 38.6 Å². The van der Waals surface area contributed by atoms with E-state index in [4.69, 9.17) is 5.73 Å². The van der Waals surface area contributed by atoms with Crippen LogP contribution in [0.25, 0.3) is 10.8 Å². The van der Waals surface area contributed by atoms with Gasteiger partial charge in [-0.1, -0.05) is 38.1 Å². The largest absolute Gasteiger partial charge is 0.321 e. The van der Waals surface area contributed by atoms with Crippen molar-refractivity contribution >= 4 is 10.8 Å². The zero-order valence-electron chi connectivity index (χ0n) is 11.1. The average Bonchev–Trinajstić information content (AvgIpc) is 2.64. The van der Waals surface area contributed by atoms with Crippen molar-refractivity contribution in [3.8, 4) is 0 Å². The van der Waals surface area contributed by atoms with Gasteiger partial charge in [-0.05, 0) is 35.6 Å². The highest BCUT2D eigenvalue weighted by molar-refractivity contribution is 5.85. The van der Waals surface area contributed by atoms with Crippen LogP contribution in [0.4, 0.5) is 0 Å². The van der Waals surface area contributed by atoms with E-state index in [0.29, 0.717) is 5.41 Å². The predicted octanol–water partition coefficient (Wildman–Crippen LogP) is 3.60. The van der Waals surface area contributed by atoms with Gasteiger partial charge in [-0.25, -0.2) is 0 Å². The summed E-state index contributed by atoms with van der Waals surface area (Å²) in [4.78, 5) is 4.37. The molecule has 0 spiro atoms. The molecule has 18 heavy (non-hydrogen) atoms. The molecule has 0 saturated heterocycles. The lowest BCUT2D eigenvalue weighted by atomic mass is 9.83. The molecule has 1 aliphatic rings. The Morgan fingerprint density at radius 1 is 1.11 bits per heavy atom. The number of pyridine rings is 1. The molecule has 1 aliphatic carbocycles. The maximum absolute atomic E-state index is 6.68. The minimum atomic E-state index is -0.211. The standard InChI is InChI=1S/C16H20N2/c1-15(2)7-8-16(17,11-15)14-10-18-9-12-5-3-4-6-13(12)14/h3-6,9-10H,7-8,11,17H2,1-2H3. The molecule has 1 saturated carbocycles. The van der Waals surface area contributed by atoms with Crippen LogP contribution in [0.5, 0.6) is 0 Å². The van der Waals surface area contributed by atoms with Gasteiger partial charge in [0.2, 0.25) is 0 Å². The van der Waals surface area contributed by atoms with E-state index in [-0.39, 0.29) is 5.54 Å². The van der Waals surface area contributed by atoms with Crippen LogP contribution in [0.1, 0.15) is 38.7 Å². The van der Waals surface area contributed by atoms with Gasteiger partial charge < -0.3 is 5.73 Å². The molecule has 2 heteroatoms. The molecule has 0 aliphatic heterocycles. The second-order valence-corrected chi connectivity index (χ2v) is 6.41. The van der Waals surface area contributed by atoms with Gasteiger partial charge in [-0.3, -0.25) is 4.98 Å². The van der Waals surface area contributed by atoms with Gasteiger partial charge in [0.15, 0.2) is 0 Å². The Kier molecular flexibility index (Phi) is 2.46. The lowest BCUT2D eigenvalue weighted by Gasteiger charge is -2.28. The van der Waals surface area contributed by atoms with Crippen molar-refractivity contribution in [1.82, 2.24) is 4.98 Å². The van der Waals surface area contributed by atoms with E-state index in [1.165, 1.54) is 22.8 Å². The van der Waals surface area contributed by atoms with Crippen molar-refractivity contribution in [1.29, 1.82) is 0 Å². The Morgan fingerprint density at radius 2 is 1.89 bits per heavy atom. The van der Waals surface area contributed by atoms with Gasteiger partial charge in [0.05, 0.1) is 0 Å². The quantitative estimate of drug-likeness (QED) is 0.827. The summed E-state index contributed by atoms with van der Waals surface area (Å²) in [5, 5.41) is 2.44. The Bertz CT molecular complexity index is 583. The number of nitrogens with zero attached hydrogens (tertiary/aromatic N) is 1. The van der Waals surface area contributed by atoms with Gasteiger partial charge in [0, 0.05) is 23.3 Å². The molecule has 1 heterocycles. The van der Waals surface area contributed by atoms with Gasteiger partial charge in [0.1, 0.15) is 0 Å². The van der Waals surface area contributed by atoms with Gasteiger partial charge in [-0.2, -0.15) is 0 Å². The van der Waals surface area contributed by atoms with Crippen molar-refractivity contribution in [3.05, 3.63) is 42.2 Å². The first-order valence-corrected chi connectivity index (χ1v) is 6.62. The number of nitrogens with two attached hydrogens (primary N) is 1. The van der Waals surface area contributed by atoms with Crippen LogP contribution in [0.15, 0.2) is 36.7 Å². The molecule has 1 aromatic carbocycles. The highest BCUT2D eigenvalue weighted by atomic mass is 14.8. The molecule has 0 radical (unpaired) electrons. The molecule has 1 atom stereocenters. The van der Waals surface area contributed by atoms with Crippen LogP contribution >= 0.6 is 0 Å². The number of rotatable bonds is 1. The lowest BCUT2D eigenvalue weighted by Crippen LogP contribution is -2.34. The third kappa shape index (κ3) is 1.81. The third-order valence-corrected chi connectivity index (χ3v) is 4.25. The van der Waals surface area contributed by atoms with Crippen molar-refractivity contribution in [3.63, 3.8) is 0 Å². The minimum absolute atomic E-state index is 0.211. The fourth-order valence-electron chi connectivity index (χ4n) is 3.34. The minimum Gasteiger partial charge on any atom is -0.321 e. The Labute approximate surface area is 108 Å². The van der Waals surface area contributed by atoms with Gasteiger partial charge in [-0.15, -0.1) is 0 Å². The third-order valence-electron chi connectivity index (χ3n) is 4.25. The fraction of sp³-hybridized carbons (Fsp3) is 0.438. The maximum atomic E-state index is 6.68. The molecule has 1 unspecified atom stereocenters. The summed E-state index contributed by atoms with van der Waals surface area (Å²) in [5.41, 5.74) is 8.02. The highest BCUT2D eigenvalue weighted by Crippen LogP contribution is 2.48. The summed E-state index contributed by atoms with van der Waals surface area (Å²) >= 11 is 0. The van der Waals surface area contributed by atoms with E-state index in [9.17, 15) is 0 Å². The number of hydrogen-bond donors (Lipinski definition) is 1. The number of hydrogen-bond acceptors (Lipinski definition) is 2. The molecular formula is C16H20N2. The van der Waals surface area contributed by atoms with E-state index >= 15 is 0 Å². The Hall–Kier alpha value is -1.41. The molecule has 1 fully saturated rings. The van der Waals surface area contributed by atoms with Crippen LogP contribution in [0.3, 0.4) is 0 Å². The van der Waals surface area contributed by atoms with Crippen LogP contribution in [-0.4, -0.2) is 4.98 Å². The second kappa shape index (κ2) is 3.79. The summed E-state index contributed by atoms with van der Waals surface area (Å²) in [7, 11) is 0. The molecule has 0 amide bonds. The van der Waals surface area contributed by atoms with Crippen molar-refractivity contribution in [2.75, 3.05) is 0 Å². The maximum Gasteiger partial charge on any atom is 0.0436 e. The zero-order valence-corrected chi connectivity index (χ0v) is 11.1. The fourth-order valence-corrected chi connectivity index (χ4v) is 3.34. The SMILES string of the molecule is CC1(C)CCC(N)(c2cncc3ccccc23)C1. The smallest absolute Gasteiger partial charge is 0.0436 e. The van der Waals surface area contributed by atoms with E-state index < -0.39 is 0 Å². The van der Waals surface area contributed by atoms with Crippen LogP contribution in [-0.2, 0) is 5.54 Å². The summed E-state index contributed by atoms with van der Waals surface area (Å²) in [6.45, 7) is 4.61. The normalized spacial score (nSPS) is 26.6. The molecule has 2 aromatic rings. The summed E-state index contributed by atoms with van der Waals surface area (Å²) < 4.78 is 0. The van der Waals surface area contributed by atoms with E-state index in [0.717, 1.165) is 12.8 Å². The lowest BCUT2D eigenvalue weighted by molar-refractivity contribution is 0.340. The van der Waals surface area contributed by atoms with Crippen LogP contribution in [0, 0.1) is 5.41 Å². The number of fused-ring (bicyclic) bond motifs is 1. The molecule has 0 bridgehead atoms. The first kappa shape index (κ1) is 11.7. The van der Waals surface area contributed by atoms with Crippen molar-refractivity contribution < 1.29 is 0 Å². The molecule has 2 N–H and O–H groups in total. The van der Waals surface area contributed by atoms with E-state index in [1.807, 2.05) is 12.4 Å². The second-order valence-electron chi connectivity index (χ2n) is 6.41. The molecular weight excluding hydrogens is 220 g/mol. The molecule has 2 nitrogen and oxygen atoms in total. The molecule has 1 aromatic heterocycles. The van der Waals surface area contributed by atoms with Crippen molar-refractivity contribution in [2.24, 2.45) is 11.1 Å². The molecule has 3 rings (SSSR count). The first-order chi connectivity index (χ1) is 8.50. The van der Waals surface area contributed by atoms with Gasteiger partial charge >= 0.3 is 0 Å². The Morgan fingerprint density at radius 3 is 2.61 bits per heavy atom. The van der Waals surface area contributed by atoms with Gasteiger partial charge in [0.25, 0.3) is 0 Å². The van der Waals surface area contributed by atoms with Crippen LogP contribution < -0.4 is 5.73 Å². The summed E-state index contributed by atoms with van der Waals surface area (Å²) in [6.07, 6.45) is 7.16.